The molecule has 0 aromatic carbocycles. The van der Waals surface area contributed by atoms with Crippen molar-refractivity contribution in [3.05, 3.63) is 17.6 Å². The fourth-order valence-electron chi connectivity index (χ4n) is 0.994. The molecule has 0 aliphatic heterocycles. The van der Waals surface area contributed by atoms with Crippen molar-refractivity contribution in [3.63, 3.8) is 0 Å². The van der Waals surface area contributed by atoms with Gasteiger partial charge in [0.2, 0.25) is 5.88 Å². The van der Waals surface area contributed by atoms with E-state index < -0.39 is 0 Å². The Hall–Kier alpha value is -1.12. The molecule has 1 aromatic rings. The van der Waals surface area contributed by atoms with E-state index in [4.69, 9.17) is 4.74 Å². The molecular weight excluding hydrogens is 164 g/mol. The zero-order valence-corrected chi connectivity index (χ0v) is 8.88. The highest BCUT2D eigenvalue weighted by Gasteiger charge is 2.18. The van der Waals surface area contributed by atoms with Gasteiger partial charge in [0.25, 0.3) is 0 Å². The Morgan fingerprint density at radius 1 is 1.31 bits per heavy atom. The third kappa shape index (κ3) is 2.17. The van der Waals surface area contributed by atoms with Gasteiger partial charge in [0.1, 0.15) is 5.82 Å². The van der Waals surface area contributed by atoms with Gasteiger partial charge in [0, 0.05) is 17.2 Å². The minimum Gasteiger partial charge on any atom is -0.481 e. The SMILES string of the molecule is COc1nc(C(C)(C)C)ncc1C. The van der Waals surface area contributed by atoms with Gasteiger partial charge in [0.15, 0.2) is 0 Å². The Labute approximate surface area is 79.2 Å². The van der Waals surface area contributed by atoms with Gasteiger partial charge in [-0.05, 0) is 6.92 Å². The maximum atomic E-state index is 5.13. The van der Waals surface area contributed by atoms with Crippen molar-refractivity contribution in [2.24, 2.45) is 0 Å². The third-order valence-electron chi connectivity index (χ3n) is 1.79. The van der Waals surface area contributed by atoms with Gasteiger partial charge < -0.3 is 4.74 Å². The Morgan fingerprint density at radius 3 is 2.38 bits per heavy atom. The molecule has 3 nitrogen and oxygen atoms in total. The summed E-state index contributed by atoms with van der Waals surface area (Å²) < 4.78 is 5.13. The lowest BCUT2D eigenvalue weighted by molar-refractivity contribution is 0.385. The van der Waals surface area contributed by atoms with E-state index in [1.807, 2.05) is 6.92 Å². The van der Waals surface area contributed by atoms with E-state index >= 15 is 0 Å². The van der Waals surface area contributed by atoms with Crippen LogP contribution in [0.15, 0.2) is 6.20 Å². The lowest BCUT2D eigenvalue weighted by Gasteiger charge is -2.17. The minimum absolute atomic E-state index is 0.0268. The molecule has 13 heavy (non-hydrogen) atoms. The molecule has 0 amide bonds. The second-order valence-electron chi connectivity index (χ2n) is 4.14. The number of rotatable bonds is 1. The van der Waals surface area contributed by atoms with Crippen molar-refractivity contribution in [1.29, 1.82) is 0 Å². The molecule has 0 saturated carbocycles. The third-order valence-corrected chi connectivity index (χ3v) is 1.79. The fraction of sp³-hybridized carbons (Fsp3) is 0.600. The summed E-state index contributed by atoms with van der Waals surface area (Å²) in [5, 5.41) is 0. The quantitative estimate of drug-likeness (QED) is 0.663. The first-order valence-corrected chi connectivity index (χ1v) is 4.33. The van der Waals surface area contributed by atoms with E-state index in [1.165, 1.54) is 0 Å². The first kappa shape index (κ1) is 9.96. The number of hydrogen-bond donors (Lipinski definition) is 0. The number of aromatic nitrogens is 2. The molecule has 0 aliphatic rings. The molecule has 1 heterocycles. The molecule has 1 aromatic heterocycles. The summed E-state index contributed by atoms with van der Waals surface area (Å²) in [6, 6.07) is 0. The zero-order valence-electron chi connectivity index (χ0n) is 8.88. The molecule has 72 valence electrons. The van der Waals surface area contributed by atoms with Gasteiger partial charge in [-0.15, -0.1) is 0 Å². The van der Waals surface area contributed by atoms with Gasteiger partial charge in [-0.25, -0.2) is 4.98 Å². The van der Waals surface area contributed by atoms with Gasteiger partial charge >= 0.3 is 0 Å². The Bertz CT molecular complexity index is 302. The van der Waals surface area contributed by atoms with E-state index in [-0.39, 0.29) is 5.41 Å². The fourth-order valence-corrected chi connectivity index (χ4v) is 0.994. The summed E-state index contributed by atoms with van der Waals surface area (Å²) in [6.45, 7) is 8.18. The first-order valence-electron chi connectivity index (χ1n) is 4.33. The molecule has 0 fully saturated rings. The van der Waals surface area contributed by atoms with Crippen molar-refractivity contribution in [2.45, 2.75) is 33.1 Å². The lowest BCUT2D eigenvalue weighted by Crippen LogP contribution is -2.16. The van der Waals surface area contributed by atoms with Gasteiger partial charge in [-0.2, -0.15) is 4.98 Å². The van der Waals surface area contributed by atoms with Crippen molar-refractivity contribution >= 4 is 0 Å². The molecule has 0 bridgehead atoms. The minimum atomic E-state index is -0.0268. The summed E-state index contributed by atoms with van der Waals surface area (Å²) in [6.07, 6.45) is 1.80. The van der Waals surface area contributed by atoms with Crippen LogP contribution in [0, 0.1) is 6.92 Å². The van der Waals surface area contributed by atoms with Crippen LogP contribution in [-0.4, -0.2) is 17.1 Å². The van der Waals surface area contributed by atoms with E-state index in [2.05, 4.69) is 30.7 Å². The van der Waals surface area contributed by atoms with Crippen molar-refractivity contribution in [1.82, 2.24) is 9.97 Å². The van der Waals surface area contributed by atoms with Crippen LogP contribution >= 0.6 is 0 Å². The monoisotopic (exact) mass is 180 g/mol. The van der Waals surface area contributed by atoms with Crippen LogP contribution in [0.3, 0.4) is 0 Å². The molecule has 0 spiro atoms. The highest BCUT2D eigenvalue weighted by molar-refractivity contribution is 5.23. The lowest BCUT2D eigenvalue weighted by atomic mass is 9.96. The number of nitrogens with zero attached hydrogens (tertiary/aromatic N) is 2. The number of hydrogen-bond acceptors (Lipinski definition) is 3. The van der Waals surface area contributed by atoms with Crippen LogP contribution in [0.25, 0.3) is 0 Å². The standard InChI is InChI=1S/C10H16N2O/c1-7-6-11-9(10(2,3)4)12-8(7)13-5/h6H,1-5H3. The molecule has 1 rings (SSSR count). The molecule has 0 aliphatic carbocycles. The molecule has 0 atom stereocenters. The Kier molecular flexibility index (Phi) is 2.55. The second-order valence-corrected chi connectivity index (χ2v) is 4.14. The molecule has 0 saturated heterocycles. The van der Waals surface area contributed by atoms with Crippen molar-refractivity contribution in [3.8, 4) is 5.88 Å². The highest BCUT2D eigenvalue weighted by atomic mass is 16.5. The highest BCUT2D eigenvalue weighted by Crippen LogP contribution is 2.21. The summed E-state index contributed by atoms with van der Waals surface area (Å²) in [5.41, 5.74) is 0.941. The zero-order chi connectivity index (χ0) is 10.1. The summed E-state index contributed by atoms with van der Waals surface area (Å²) in [4.78, 5) is 8.60. The summed E-state index contributed by atoms with van der Waals surface area (Å²) >= 11 is 0. The van der Waals surface area contributed by atoms with Crippen LogP contribution < -0.4 is 4.74 Å². The summed E-state index contributed by atoms with van der Waals surface area (Å²) in [7, 11) is 1.63. The van der Waals surface area contributed by atoms with Crippen LogP contribution in [0.1, 0.15) is 32.2 Å². The predicted octanol–water partition coefficient (Wildman–Crippen LogP) is 2.09. The van der Waals surface area contributed by atoms with E-state index in [1.54, 1.807) is 13.3 Å². The molecule has 0 unspecified atom stereocenters. The second kappa shape index (κ2) is 3.32. The van der Waals surface area contributed by atoms with Gasteiger partial charge in [-0.1, -0.05) is 20.8 Å². The van der Waals surface area contributed by atoms with E-state index in [0.717, 1.165) is 11.4 Å². The normalized spacial score (nSPS) is 11.5. The average molecular weight is 180 g/mol. The van der Waals surface area contributed by atoms with Gasteiger partial charge in [-0.3, -0.25) is 0 Å². The number of ether oxygens (including phenoxy) is 1. The van der Waals surface area contributed by atoms with E-state index in [0.29, 0.717) is 5.88 Å². The van der Waals surface area contributed by atoms with Crippen LogP contribution in [-0.2, 0) is 5.41 Å². The van der Waals surface area contributed by atoms with Crippen LogP contribution in [0.5, 0.6) is 5.88 Å². The maximum Gasteiger partial charge on any atom is 0.219 e. The number of methoxy groups -OCH3 is 1. The molecule has 0 radical (unpaired) electrons. The van der Waals surface area contributed by atoms with Crippen LogP contribution in [0.4, 0.5) is 0 Å². The Balaban J connectivity index is 3.14. The van der Waals surface area contributed by atoms with Crippen molar-refractivity contribution < 1.29 is 4.74 Å². The van der Waals surface area contributed by atoms with Crippen molar-refractivity contribution in [2.75, 3.05) is 7.11 Å². The van der Waals surface area contributed by atoms with E-state index in [9.17, 15) is 0 Å². The average Bonchev–Trinajstić information content (AvgIpc) is 2.03. The van der Waals surface area contributed by atoms with Gasteiger partial charge in [0.05, 0.1) is 7.11 Å². The Morgan fingerprint density at radius 2 is 1.92 bits per heavy atom. The predicted molar refractivity (Wildman–Crippen MR) is 52.0 cm³/mol. The first-order chi connectivity index (χ1) is 5.95. The topological polar surface area (TPSA) is 35.0 Å². The number of aryl methyl sites for hydroxylation is 1. The van der Waals surface area contributed by atoms with Crippen LogP contribution in [0.2, 0.25) is 0 Å². The smallest absolute Gasteiger partial charge is 0.219 e. The molecular formula is C10H16N2O. The maximum absolute atomic E-state index is 5.13. The largest absolute Gasteiger partial charge is 0.481 e. The summed E-state index contributed by atoms with van der Waals surface area (Å²) in [5.74, 6) is 1.48. The molecule has 0 N–H and O–H groups in total. The molecule has 3 heteroatoms.